The van der Waals surface area contributed by atoms with Crippen LogP contribution in [0.25, 0.3) is 0 Å². The summed E-state index contributed by atoms with van der Waals surface area (Å²) < 4.78 is 10.6. The second-order valence-electron chi connectivity index (χ2n) is 5.00. The molecule has 0 saturated heterocycles. The van der Waals surface area contributed by atoms with Crippen LogP contribution in [0.2, 0.25) is 0 Å². The molecular weight excluding hydrogens is 286 g/mol. The van der Waals surface area contributed by atoms with Gasteiger partial charge in [-0.2, -0.15) is 0 Å². The number of hydroxylamine groups is 1. The summed E-state index contributed by atoms with van der Waals surface area (Å²) in [6.45, 7) is 5.93. The average Bonchev–Trinajstić information content (AvgIpc) is 2.50. The van der Waals surface area contributed by atoms with Gasteiger partial charge in [-0.1, -0.05) is 23.4 Å². The number of carbonyl (C=O) groups excluding carboxylic acids is 1. The highest BCUT2D eigenvalue weighted by molar-refractivity contribution is 5.71. The van der Waals surface area contributed by atoms with Crippen molar-refractivity contribution in [3.63, 3.8) is 0 Å². The average molecular weight is 311 g/mol. The largest absolute Gasteiger partial charge is 0.462 e. The number of rotatable bonds is 10. The van der Waals surface area contributed by atoms with Gasteiger partial charge >= 0.3 is 5.97 Å². The minimum absolute atomic E-state index is 0.0224. The smallest absolute Gasteiger partial charge is 0.321 e. The fraction of sp³-hybridized carbons (Fsp3) is 0.533. The Kier molecular flexibility index (Phi) is 8.46. The molecule has 0 aliphatic carbocycles. The van der Waals surface area contributed by atoms with Crippen LogP contribution >= 0.6 is 0 Å². The minimum atomic E-state index is -0.372. The number of carbonyl (C=O) groups is 1. The number of esters is 1. The topological polar surface area (TPSA) is 86.0 Å². The second kappa shape index (κ2) is 10.1. The molecule has 7 heteroatoms. The Morgan fingerprint density at radius 2 is 1.95 bits per heavy atom. The summed E-state index contributed by atoms with van der Waals surface area (Å²) in [6, 6.07) is 9.19. The third-order valence-corrected chi connectivity index (χ3v) is 2.53. The van der Waals surface area contributed by atoms with Gasteiger partial charge in [0.15, 0.2) is 0 Å². The normalized spacial score (nSPS) is 12.5. The zero-order chi connectivity index (χ0) is 16.4. The van der Waals surface area contributed by atoms with Crippen LogP contribution < -0.4 is 16.0 Å². The summed E-state index contributed by atoms with van der Waals surface area (Å²) in [5.41, 5.74) is 8.33. The highest BCUT2D eigenvalue weighted by Gasteiger charge is 2.13. The number of hydrogen-bond acceptors (Lipinski definition) is 7. The van der Waals surface area contributed by atoms with Crippen molar-refractivity contribution in [2.24, 2.45) is 5.73 Å². The molecule has 0 spiro atoms. The van der Waals surface area contributed by atoms with Crippen molar-refractivity contribution >= 4 is 5.97 Å². The lowest BCUT2D eigenvalue weighted by Crippen LogP contribution is -2.46. The predicted molar refractivity (Wildman–Crippen MR) is 82.6 cm³/mol. The van der Waals surface area contributed by atoms with E-state index >= 15 is 0 Å². The molecule has 3 N–H and O–H groups in total. The Bertz CT molecular complexity index is 428. The molecule has 0 radical (unpaired) electrons. The summed E-state index contributed by atoms with van der Waals surface area (Å²) in [7, 11) is 0. The third-order valence-electron chi connectivity index (χ3n) is 2.53. The van der Waals surface area contributed by atoms with Crippen LogP contribution in [-0.2, 0) is 14.3 Å². The number of ether oxygens (including phenoxy) is 2. The van der Waals surface area contributed by atoms with Gasteiger partial charge in [0.05, 0.1) is 12.2 Å². The summed E-state index contributed by atoms with van der Waals surface area (Å²) >= 11 is 0. The van der Waals surface area contributed by atoms with Crippen LogP contribution in [-0.4, -0.2) is 43.2 Å². The Labute approximate surface area is 131 Å². The molecule has 1 atom stereocenters. The number of hydrazine groups is 1. The first-order valence-corrected chi connectivity index (χ1v) is 7.26. The number of nitrogens with zero attached hydrogens (tertiary/aromatic N) is 1. The molecule has 0 aliphatic heterocycles. The number of hydrogen-bond donors (Lipinski definition) is 2. The molecule has 22 heavy (non-hydrogen) atoms. The van der Waals surface area contributed by atoms with Crippen LogP contribution in [0.15, 0.2) is 30.3 Å². The molecule has 0 amide bonds. The van der Waals surface area contributed by atoms with Crippen molar-refractivity contribution in [2.75, 3.05) is 19.8 Å². The third kappa shape index (κ3) is 7.94. The molecule has 0 unspecified atom stereocenters. The zero-order valence-electron chi connectivity index (χ0n) is 13.3. The Balaban J connectivity index is 2.51. The lowest BCUT2D eigenvalue weighted by molar-refractivity contribution is -0.187. The molecule has 0 bridgehead atoms. The van der Waals surface area contributed by atoms with E-state index in [-0.39, 0.29) is 31.5 Å². The van der Waals surface area contributed by atoms with Crippen LogP contribution in [0.1, 0.15) is 20.8 Å². The van der Waals surface area contributed by atoms with E-state index in [0.717, 1.165) is 0 Å². The van der Waals surface area contributed by atoms with E-state index in [9.17, 15) is 4.79 Å². The van der Waals surface area contributed by atoms with Crippen LogP contribution in [0.5, 0.6) is 5.75 Å². The van der Waals surface area contributed by atoms with Crippen molar-refractivity contribution in [1.29, 1.82) is 0 Å². The van der Waals surface area contributed by atoms with Crippen molar-refractivity contribution in [2.45, 2.75) is 33.0 Å². The lowest BCUT2D eigenvalue weighted by atomic mass is 10.3. The maximum atomic E-state index is 11.6. The SMILES string of the molecule is CC(C)OC(=O)CNN(CO[C@H](C)CN)Oc1ccccc1. The maximum Gasteiger partial charge on any atom is 0.321 e. The first-order chi connectivity index (χ1) is 10.5. The Morgan fingerprint density at radius 1 is 1.27 bits per heavy atom. The Morgan fingerprint density at radius 3 is 2.55 bits per heavy atom. The number of nitrogens with one attached hydrogen (secondary N) is 1. The van der Waals surface area contributed by atoms with Gasteiger partial charge in [0.25, 0.3) is 0 Å². The molecule has 7 nitrogen and oxygen atoms in total. The first-order valence-electron chi connectivity index (χ1n) is 7.26. The molecule has 0 saturated carbocycles. The molecule has 0 heterocycles. The first kappa shape index (κ1) is 18.4. The van der Waals surface area contributed by atoms with Crippen LogP contribution in [0, 0.1) is 0 Å². The van der Waals surface area contributed by atoms with E-state index in [0.29, 0.717) is 12.3 Å². The standard InChI is InChI=1S/C15H25N3O4/c1-12(2)21-15(19)10-17-18(11-20-13(3)9-16)22-14-7-5-4-6-8-14/h4-8,12-13,17H,9-11,16H2,1-3H3/t13-/m1/s1. The van der Waals surface area contributed by atoms with Gasteiger partial charge in [-0.25, -0.2) is 5.43 Å². The minimum Gasteiger partial charge on any atom is -0.462 e. The van der Waals surface area contributed by atoms with Gasteiger partial charge in [0.2, 0.25) is 0 Å². The summed E-state index contributed by atoms with van der Waals surface area (Å²) in [5, 5.41) is 1.34. The van der Waals surface area contributed by atoms with Crippen LogP contribution in [0.4, 0.5) is 0 Å². The highest BCUT2D eigenvalue weighted by atomic mass is 16.7. The van der Waals surface area contributed by atoms with Gasteiger partial charge < -0.3 is 20.0 Å². The van der Waals surface area contributed by atoms with Gasteiger partial charge in [-0.3, -0.25) is 4.79 Å². The summed E-state index contributed by atoms with van der Waals surface area (Å²) in [4.78, 5) is 17.2. The molecule has 0 aromatic heterocycles. The monoisotopic (exact) mass is 311 g/mol. The van der Waals surface area contributed by atoms with E-state index in [1.54, 1.807) is 26.0 Å². The van der Waals surface area contributed by atoms with E-state index in [1.807, 2.05) is 25.1 Å². The fourth-order valence-corrected chi connectivity index (χ4v) is 1.43. The molecular formula is C15H25N3O4. The van der Waals surface area contributed by atoms with Gasteiger partial charge in [-0.05, 0) is 32.9 Å². The van der Waals surface area contributed by atoms with Crippen LogP contribution in [0.3, 0.4) is 0 Å². The van der Waals surface area contributed by atoms with Gasteiger partial charge in [0.1, 0.15) is 19.0 Å². The van der Waals surface area contributed by atoms with Crippen molar-refractivity contribution in [1.82, 2.24) is 10.6 Å². The lowest BCUT2D eigenvalue weighted by Gasteiger charge is -2.24. The van der Waals surface area contributed by atoms with E-state index < -0.39 is 0 Å². The van der Waals surface area contributed by atoms with E-state index in [4.69, 9.17) is 20.0 Å². The van der Waals surface area contributed by atoms with Crippen molar-refractivity contribution in [3.8, 4) is 5.75 Å². The van der Waals surface area contributed by atoms with Gasteiger partial charge in [0, 0.05) is 6.54 Å². The predicted octanol–water partition coefficient (Wildman–Crippen LogP) is 1.06. The number of nitrogens with two attached hydrogens (primary N) is 1. The molecule has 1 aromatic rings. The summed E-state index contributed by atoms with van der Waals surface area (Å²) in [5.74, 6) is 0.250. The summed E-state index contributed by atoms with van der Waals surface area (Å²) in [6.07, 6.45) is -0.280. The molecule has 124 valence electrons. The quantitative estimate of drug-likeness (QED) is 0.379. The number of para-hydroxylation sites is 1. The molecule has 0 fully saturated rings. The molecule has 0 aliphatic rings. The second-order valence-corrected chi connectivity index (χ2v) is 5.00. The van der Waals surface area contributed by atoms with E-state index in [2.05, 4.69) is 5.43 Å². The highest BCUT2D eigenvalue weighted by Crippen LogP contribution is 2.09. The van der Waals surface area contributed by atoms with Crippen molar-refractivity contribution < 1.29 is 19.1 Å². The molecule has 1 rings (SSSR count). The van der Waals surface area contributed by atoms with E-state index in [1.165, 1.54) is 5.17 Å². The number of benzene rings is 1. The van der Waals surface area contributed by atoms with Gasteiger partial charge in [-0.15, -0.1) is 0 Å². The Hall–Kier alpha value is -1.67. The zero-order valence-corrected chi connectivity index (χ0v) is 13.3. The fourth-order valence-electron chi connectivity index (χ4n) is 1.43. The maximum absolute atomic E-state index is 11.6. The molecule has 1 aromatic carbocycles. The van der Waals surface area contributed by atoms with Crippen molar-refractivity contribution in [3.05, 3.63) is 30.3 Å².